The van der Waals surface area contributed by atoms with Crippen molar-refractivity contribution in [2.75, 3.05) is 19.6 Å². The van der Waals surface area contributed by atoms with Crippen molar-refractivity contribution in [3.63, 3.8) is 0 Å². The summed E-state index contributed by atoms with van der Waals surface area (Å²) in [6.07, 6.45) is 3.18. The van der Waals surface area contributed by atoms with Crippen LogP contribution in [0.25, 0.3) is 0 Å². The maximum atomic E-state index is 11.3. The summed E-state index contributed by atoms with van der Waals surface area (Å²) in [6, 6.07) is 0. The molecule has 0 aliphatic carbocycles. The quantitative estimate of drug-likeness (QED) is 0.849. The predicted molar refractivity (Wildman–Crippen MR) is 64.8 cm³/mol. The molecule has 5 nitrogen and oxygen atoms in total. The lowest BCUT2D eigenvalue weighted by Gasteiger charge is -2.14. The lowest BCUT2D eigenvalue weighted by molar-refractivity contribution is 0.342. The molecule has 88 valence electrons. The van der Waals surface area contributed by atoms with Gasteiger partial charge in [-0.3, -0.25) is 9.78 Å². The molecule has 1 aromatic rings. The third kappa shape index (κ3) is 2.62. The van der Waals surface area contributed by atoms with Gasteiger partial charge >= 0.3 is 5.69 Å². The number of aromatic amines is 2. The fraction of sp³-hybridized carbons (Fsp3) is 0.600. The van der Waals surface area contributed by atoms with Crippen LogP contribution in [0, 0.1) is 0 Å². The smallest absolute Gasteiger partial charge is 0.310 e. The van der Waals surface area contributed by atoms with Crippen molar-refractivity contribution in [1.29, 1.82) is 0 Å². The Labute approximate surface area is 101 Å². The molecule has 0 amide bonds. The summed E-state index contributed by atoms with van der Waals surface area (Å²) >= 11 is 3.19. The third-order valence-electron chi connectivity index (χ3n) is 2.83. The van der Waals surface area contributed by atoms with Gasteiger partial charge in [-0.25, -0.2) is 4.79 Å². The number of H-pyrrole nitrogens is 2. The van der Waals surface area contributed by atoms with Gasteiger partial charge in [0.2, 0.25) is 0 Å². The van der Waals surface area contributed by atoms with E-state index in [2.05, 4.69) is 30.8 Å². The van der Waals surface area contributed by atoms with Gasteiger partial charge in [0.05, 0.1) is 0 Å². The second kappa shape index (κ2) is 4.97. The maximum Gasteiger partial charge on any atom is 0.325 e. The van der Waals surface area contributed by atoms with Gasteiger partial charge in [0.1, 0.15) is 4.47 Å². The Morgan fingerprint density at radius 2 is 1.88 bits per heavy atom. The van der Waals surface area contributed by atoms with Crippen LogP contribution in [0.3, 0.4) is 0 Å². The van der Waals surface area contributed by atoms with E-state index in [1.54, 1.807) is 0 Å². The molecule has 6 heteroatoms. The minimum atomic E-state index is -0.440. The van der Waals surface area contributed by atoms with Crippen LogP contribution in [0.15, 0.2) is 14.1 Å². The Bertz CT molecular complexity index is 474. The zero-order chi connectivity index (χ0) is 11.5. The van der Waals surface area contributed by atoms with E-state index in [1.165, 1.54) is 12.8 Å². The van der Waals surface area contributed by atoms with Crippen LogP contribution < -0.4 is 11.2 Å². The van der Waals surface area contributed by atoms with E-state index < -0.39 is 5.69 Å². The van der Waals surface area contributed by atoms with E-state index in [4.69, 9.17) is 0 Å². The molecular formula is C10H14BrN3O2. The van der Waals surface area contributed by atoms with Crippen molar-refractivity contribution in [1.82, 2.24) is 14.9 Å². The number of halogens is 1. The maximum absolute atomic E-state index is 11.3. The van der Waals surface area contributed by atoms with Crippen LogP contribution in [0.2, 0.25) is 0 Å². The van der Waals surface area contributed by atoms with Crippen LogP contribution in [0.5, 0.6) is 0 Å². The van der Waals surface area contributed by atoms with Gasteiger partial charge in [-0.1, -0.05) is 0 Å². The summed E-state index contributed by atoms with van der Waals surface area (Å²) in [7, 11) is 0. The monoisotopic (exact) mass is 287 g/mol. The molecule has 0 unspecified atom stereocenters. The Morgan fingerprint density at radius 3 is 2.56 bits per heavy atom. The molecule has 1 aromatic heterocycles. The van der Waals surface area contributed by atoms with Crippen LogP contribution in [-0.2, 0) is 6.42 Å². The minimum absolute atomic E-state index is 0.361. The average Bonchev–Trinajstić information content (AvgIpc) is 2.74. The van der Waals surface area contributed by atoms with Gasteiger partial charge in [-0.2, -0.15) is 0 Å². The zero-order valence-electron chi connectivity index (χ0n) is 8.88. The summed E-state index contributed by atoms with van der Waals surface area (Å²) in [5, 5.41) is 0. The summed E-state index contributed by atoms with van der Waals surface area (Å²) in [4.78, 5) is 29.6. The van der Waals surface area contributed by atoms with Crippen molar-refractivity contribution in [2.24, 2.45) is 0 Å². The van der Waals surface area contributed by atoms with Gasteiger partial charge < -0.3 is 9.88 Å². The molecule has 0 radical (unpaired) electrons. The van der Waals surface area contributed by atoms with Gasteiger partial charge in [0, 0.05) is 18.7 Å². The number of hydrogen-bond donors (Lipinski definition) is 2. The van der Waals surface area contributed by atoms with Crippen molar-refractivity contribution in [2.45, 2.75) is 19.3 Å². The molecule has 0 aromatic carbocycles. The zero-order valence-corrected chi connectivity index (χ0v) is 10.5. The van der Waals surface area contributed by atoms with E-state index in [-0.39, 0.29) is 5.56 Å². The van der Waals surface area contributed by atoms with Crippen LogP contribution in [0.1, 0.15) is 18.5 Å². The van der Waals surface area contributed by atoms with E-state index >= 15 is 0 Å². The Kier molecular flexibility index (Phi) is 3.60. The molecule has 2 N–H and O–H groups in total. The first-order valence-electron chi connectivity index (χ1n) is 5.40. The Balaban J connectivity index is 2.08. The van der Waals surface area contributed by atoms with E-state index in [9.17, 15) is 9.59 Å². The lowest BCUT2D eigenvalue weighted by atomic mass is 10.3. The standard InChI is InChI=1S/C10H14BrN3O2/c11-8-7(12-10(16)13-9(8)15)3-6-14-4-1-2-5-14/h1-6H2,(H2,12,13,15,16). The van der Waals surface area contributed by atoms with E-state index in [1.807, 2.05) is 0 Å². The molecule has 1 aliphatic heterocycles. The first-order chi connectivity index (χ1) is 7.66. The van der Waals surface area contributed by atoms with Crippen LogP contribution in [-0.4, -0.2) is 34.5 Å². The molecule has 1 saturated heterocycles. The highest BCUT2D eigenvalue weighted by Crippen LogP contribution is 2.11. The molecule has 0 spiro atoms. The van der Waals surface area contributed by atoms with Crippen molar-refractivity contribution < 1.29 is 0 Å². The normalized spacial score (nSPS) is 16.8. The second-order valence-corrected chi connectivity index (χ2v) is 4.79. The SMILES string of the molecule is O=c1[nH]c(CCN2CCCC2)c(Br)c(=O)[nH]1. The topological polar surface area (TPSA) is 69.0 Å². The number of nitrogens with one attached hydrogen (secondary N) is 2. The summed E-state index contributed by atoms with van der Waals surface area (Å²) in [5.41, 5.74) is -0.120. The van der Waals surface area contributed by atoms with Gasteiger partial charge in [0.25, 0.3) is 5.56 Å². The molecule has 0 bridgehead atoms. The molecule has 2 rings (SSSR count). The van der Waals surface area contributed by atoms with Gasteiger partial charge in [-0.15, -0.1) is 0 Å². The highest BCUT2D eigenvalue weighted by Gasteiger charge is 2.13. The summed E-state index contributed by atoms with van der Waals surface area (Å²) in [5.74, 6) is 0. The second-order valence-electron chi connectivity index (χ2n) is 4.00. The highest BCUT2D eigenvalue weighted by atomic mass is 79.9. The number of nitrogens with zero attached hydrogens (tertiary/aromatic N) is 1. The molecule has 0 atom stereocenters. The van der Waals surface area contributed by atoms with Crippen LogP contribution in [0.4, 0.5) is 0 Å². The summed E-state index contributed by atoms with van der Waals surface area (Å²) in [6.45, 7) is 3.12. The van der Waals surface area contributed by atoms with E-state index in [0.717, 1.165) is 19.6 Å². The van der Waals surface area contributed by atoms with Gasteiger partial charge in [-0.05, 0) is 41.9 Å². The number of hydrogen-bond acceptors (Lipinski definition) is 3. The highest BCUT2D eigenvalue weighted by molar-refractivity contribution is 9.10. The average molecular weight is 288 g/mol. The number of rotatable bonds is 3. The molecule has 0 saturated carbocycles. The number of aromatic nitrogens is 2. The minimum Gasteiger partial charge on any atom is -0.310 e. The van der Waals surface area contributed by atoms with E-state index in [0.29, 0.717) is 16.6 Å². The largest absolute Gasteiger partial charge is 0.325 e. The van der Waals surface area contributed by atoms with Crippen molar-refractivity contribution >= 4 is 15.9 Å². The van der Waals surface area contributed by atoms with Crippen molar-refractivity contribution in [3.05, 3.63) is 31.0 Å². The molecule has 1 fully saturated rings. The van der Waals surface area contributed by atoms with Crippen molar-refractivity contribution in [3.8, 4) is 0 Å². The Hall–Kier alpha value is -0.880. The fourth-order valence-electron chi connectivity index (χ4n) is 1.97. The molecule has 16 heavy (non-hydrogen) atoms. The van der Waals surface area contributed by atoms with Crippen LogP contribution >= 0.6 is 15.9 Å². The van der Waals surface area contributed by atoms with Gasteiger partial charge in [0.15, 0.2) is 0 Å². The Morgan fingerprint density at radius 1 is 1.19 bits per heavy atom. The number of likely N-dealkylation sites (tertiary alicyclic amines) is 1. The molecule has 1 aliphatic rings. The predicted octanol–water partition coefficient (Wildman–Crippen LogP) is 0.464. The first kappa shape index (κ1) is 11.6. The summed E-state index contributed by atoms with van der Waals surface area (Å²) < 4.78 is 0.436. The fourth-order valence-corrected chi connectivity index (χ4v) is 2.36. The molecule has 2 heterocycles. The third-order valence-corrected chi connectivity index (χ3v) is 3.67. The first-order valence-corrected chi connectivity index (χ1v) is 6.19. The lowest BCUT2D eigenvalue weighted by Crippen LogP contribution is -2.28. The molecular weight excluding hydrogens is 274 g/mol.